The SMILES string of the molecule is CC(O)C(N)C(C)(C(=O)O)C(C)O. The molecule has 0 aliphatic rings. The lowest BCUT2D eigenvalue weighted by Crippen LogP contribution is -2.56. The van der Waals surface area contributed by atoms with Crippen LogP contribution < -0.4 is 5.73 Å². The van der Waals surface area contributed by atoms with Crippen molar-refractivity contribution in [2.24, 2.45) is 11.1 Å². The topological polar surface area (TPSA) is 104 Å². The Bertz CT molecular complexity index is 193. The van der Waals surface area contributed by atoms with Crippen LogP contribution in [0.3, 0.4) is 0 Å². The molecule has 0 heterocycles. The molecule has 0 spiro atoms. The van der Waals surface area contributed by atoms with Crippen molar-refractivity contribution in [3.05, 3.63) is 0 Å². The second kappa shape index (κ2) is 4.04. The summed E-state index contributed by atoms with van der Waals surface area (Å²) in [6.45, 7) is 4.06. The summed E-state index contributed by atoms with van der Waals surface area (Å²) in [6.07, 6.45) is -2.09. The molecule has 0 radical (unpaired) electrons. The van der Waals surface area contributed by atoms with Gasteiger partial charge in [0.1, 0.15) is 5.41 Å². The van der Waals surface area contributed by atoms with Gasteiger partial charge in [-0.2, -0.15) is 0 Å². The third kappa shape index (κ3) is 2.18. The maximum absolute atomic E-state index is 10.9. The van der Waals surface area contributed by atoms with Gasteiger partial charge in [-0.05, 0) is 20.8 Å². The van der Waals surface area contributed by atoms with Gasteiger partial charge in [0.15, 0.2) is 0 Å². The molecule has 5 nitrogen and oxygen atoms in total. The first-order valence-corrected chi connectivity index (χ1v) is 4.09. The first-order chi connectivity index (χ1) is 5.74. The molecule has 0 aromatic carbocycles. The lowest BCUT2D eigenvalue weighted by molar-refractivity contribution is -0.158. The fraction of sp³-hybridized carbons (Fsp3) is 0.875. The molecule has 13 heavy (non-hydrogen) atoms. The maximum atomic E-state index is 10.9. The molecular formula is C8H17NO4. The van der Waals surface area contributed by atoms with Gasteiger partial charge >= 0.3 is 5.97 Å². The number of carbonyl (C=O) groups is 1. The van der Waals surface area contributed by atoms with Crippen LogP contribution in [0.25, 0.3) is 0 Å². The third-order valence-corrected chi connectivity index (χ3v) is 2.54. The minimum atomic E-state index is -1.52. The van der Waals surface area contributed by atoms with Crippen LogP contribution >= 0.6 is 0 Å². The summed E-state index contributed by atoms with van der Waals surface area (Å²) >= 11 is 0. The molecule has 78 valence electrons. The molecule has 0 aliphatic carbocycles. The van der Waals surface area contributed by atoms with Crippen LogP contribution in [-0.4, -0.2) is 39.5 Å². The first-order valence-electron chi connectivity index (χ1n) is 4.09. The molecule has 0 bridgehead atoms. The Labute approximate surface area is 77.2 Å². The molecule has 5 N–H and O–H groups in total. The zero-order valence-corrected chi connectivity index (χ0v) is 8.06. The van der Waals surface area contributed by atoms with Crippen molar-refractivity contribution >= 4 is 5.97 Å². The maximum Gasteiger partial charge on any atom is 0.313 e. The fourth-order valence-corrected chi connectivity index (χ4v) is 1.10. The van der Waals surface area contributed by atoms with Crippen molar-refractivity contribution in [1.82, 2.24) is 0 Å². The van der Waals surface area contributed by atoms with Gasteiger partial charge in [-0.3, -0.25) is 4.79 Å². The number of rotatable bonds is 4. The van der Waals surface area contributed by atoms with E-state index in [1.807, 2.05) is 0 Å². The lowest BCUT2D eigenvalue weighted by Gasteiger charge is -2.35. The Kier molecular flexibility index (Phi) is 3.84. The highest BCUT2D eigenvalue weighted by Gasteiger charge is 2.45. The van der Waals surface area contributed by atoms with Gasteiger partial charge in [0.05, 0.1) is 12.2 Å². The molecule has 0 aromatic heterocycles. The number of aliphatic hydroxyl groups excluding tert-OH is 2. The zero-order valence-electron chi connectivity index (χ0n) is 8.06. The van der Waals surface area contributed by atoms with Gasteiger partial charge in [-0.25, -0.2) is 0 Å². The molecule has 4 atom stereocenters. The Hall–Kier alpha value is -0.650. The molecule has 0 fully saturated rings. The Morgan fingerprint density at radius 3 is 1.85 bits per heavy atom. The van der Waals surface area contributed by atoms with E-state index in [0.717, 1.165) is 0 Å². The molecule has 5 heteroatoms. The van der Waals surface area contributed by atoms with Crippen LogP contribution in [0, 0.1) is 5.41 Å². The highest BCUT2D eigenvalue weighted by molar-refractivity contribution is 5.76. The number of hydrogen-bond acceptors (Lipinski definition) is 4. The Morgan fingerprint density at radius 2 is 1.77 bits per heavy atom. The third-order valence-electron chi connectivity index (χ3n) is 2.54. The van der Waals surface area contributed by atoms with E-state index < -0.39 is 29.6 Å². The van der Waals surface area contributed by atoms with E-state index in [1.165, 1.54) is 20.8 Å². The number of nitrogens with two attached hydrogens (primary N) is 1. The molecule has 0 saturated carbocycles. The van der Waals surface area contributed by atoms with Crippen LogP contribution in [0.1, 0.15) is 20.8 Å². The summed E-state index contributed by atoms with van der Waals surface area (Å²) in [4.78, 5) is 10.9. The van der Waals surface area contributed by atoms with E-state index in [1.54, 1.807) is 0 Å². The van der Waals surface area contributed by atoms with Crippen molar-refractivity contribution < 1.29 is 20.1 Å². The monoisotopic (exact) mass is 191 g/mol. The number of aliphatic hydroxyl groups is 2. The first kappa shape index (κ1) is 12.3. The molecule has 0 saturated heterocycles. The largest absolute Gasteiger partial charge is 0.481 e. The van der Waals surface area contributed by atoms with E-state index in [0.29, 0.717) is 0 Å². The summed E-state index contributed by atoms with van der Waals surface area (Å²) in [7, 11) is 0. The van der Waals surface area contributed by atoms with Crippen molar-refractivity contribution in [1.29, 1.82) is 0 Å². The van der Waals surface area contributed by atoms with Crippen molar-refractivity contribution in [2.75, 3.05) is 0 Å². The van der Waals surface area contributed by atoms with Crippen LogP contribution in [0.2, 0.25) is 0 Å². The quantitative estimate of drug-likeness (QED) is 0.464. The second-order valence-corrected chi connectivity index (χ2v) is 3.53. The minimum absolute atomic E-state index is 0.976. The minimum Gasteiger partial charge on any atom is -0.481 e. The van der Waals surface area contributed by atoms with Crippen LogP contribution in [0.4, 0.5) is 0 Å². The van der Waals surface area contributed by atoms with E-state index in [9.17, 15) is 9.90 Å². The molecule has 0 aromatic rings. The molecular weight excluding hydrogens is 174 g/mol. The summed E-state index contributed by atoms with van der Waals surface area (Å²) in [5, 5.41) is 27.3. The predicted octanol–water partition coefficient (Wildman–Crippen LogP) is -0.834. The predicted molar refractivity (Wildman–Crippen MR) is 47.1 cm³/mol. The van der Waals surface area contributed by atoms with Crippen molar-refractivity contribution in [2.45, 2.75) is 39.0 Å². The van der Waals surface area contributed by atoms with Crippen LogP contribution in [-0.2, 0) is 4.79 Å². The highest BCUT2D eigenvalue weighted by Crippen LogP contribution is 2.27. The van der Waals surface area contributed by atoms with Gasteiger partial charge in [-0.15, -0.1) is 0 Å². The smallest absolute Gasteiger partial charge is 0.313 e. The average molecular weight is 191 g/mol. The normalized spacial score (nSPS) is 22.9. The Balaban J connectivity index is 4.90. The van der Waals surface area contributed by atoms with Crippen molar-refractivity contribution in [3.63, 3.8) is 0 Å². The van der Waals surface area contributed by atoms with E-state index in [4.69, 9.17) is 15.9 Å². The van der Waals surface area contributed by atoms with Gasteiger partial charge in [0.25, 0.3) is 0 Å². The molecule has 0 aliphatic heterocycles. The number of carboxylic acid groups (broad SMARTS) is 1. The highest BCUT2D eigenvalue weighted by atomic mass is 16.4. The van der Waals surface area contributed by atoms with Crippen LogP contribution in [0.15, 0.2) is 0 Å². The lowest BCUT2D eigenvalue weighted by atomic mass is 9.76. The summed E-state index contributed by atoms with van der Waals surface area (Å²) in [5.74, 6) is -1.21. The van der Waals surface area contributed by atoms with E-state index in [2.05, 4.69) is 0 Å². The average Bonchev–Trinajstić information content (AvgIpc) is 2.00. The van der Waals surface area contributed by atoms with Gasteiger partial charge < -0.3 is 21.1 Å². The molecule has 0 rings (SSSR count). The molecule has 0 amide bonds. The van der Waals surface area contributed by atoms with E-state index in [-0.39, 0.29) is 0 Å². The van der Waals surface area contributed by atoms with E-state index >= 15 is 0 Å². The zero-order chi connectivity index (χ0) is 10.8. The fourth-order valence-electron chi connectivity index (χ4n) is 1.10. The molecule has 4 unspecified atom stereocenters. The Morgan fingerprint density at radius 1 is 1.38 bits per heavy atom. The standard InChI is InChI=1S/C8H17NO4/c1-4(10)6(9)8(3,5(2)11)7(12)13/h4-6,10-11H,9H2,1-3H3,(H,12,13). The summed E-state index contributed by atoms with van der Waals surface area (Å²) < 4.78 is 0. The number of aliphatic carboxylic acids is 1. The van der Waals surface area contributed by atoms with Gasteiger partial charge in [0.2, 0.25) is 0 Å². The summed E-state index contributed by atoms with van der Waals surface area (Å²) in [5.41, 5.74) is 3.99. The van der Waals surface area contributed by atoms with Crippen molar-refractivity contribution in [3.8, 4) is 0 Å². The summed E-state index contributed by atoms with van der Waals surface area (Å²) in [6, 6.07) is -0.995. The number of carboxylic acids is 1. The van der Waals surface area contributed by atoms with Gasteiger partial charge in [0, 0.05) is 6.04 Å². The van der Waals surface area contributed by atoms with Crippen LogP contribution in [0.5, 0.6) is 0 Å². The van der Waals surface area contributed by atoms with Gasteiger partial charge in [-0.1, -0.05) is 0 Å². The number of hydrogen-bond donors (Lipinski definition) is 4. The second-order valence-electron chi connectivity index (χ2n) is 3.53.